The lowest BCUT2D eigenvalue weighted by Gasteiger charge is -2.14. The maximum absolute atomic E-state index is 11.7. The number of benzene rings is 2. The van der Waals surface area contributed by atoms with Crippen LogP contribution in [0, 0.1) is 0 Å². The molecular formula is C24H33NO3. The van der Waals surface area contributed by atoms with Crippen LogP contribution in [-0.4, -0.2) is 12.6 Å². The second-order valence-corrected chi connectivity index (χ2v) is 5.47. The highest BCUT2D eigenvalue weighted by molar-refractivity contribution is 5.89. The van der Waals surface area contributed by atoms with Crippen LogP contribution in [0.5, 0.6) is 5.75 Å². The molecule has 0 heterocycles. The van der Waals surface area contributed by atoms with Crippen LogP contribution >= 0.6 is 0 Å². The first-order valence-corrected chi connectivity index (χ1v) is 9.48. The van der Waals surface area contributed by atoms with Crippen LogP contribution in [0.4, 0.5) is 0 Å². The van der Waals surface area contributed by atoms with Crippen molar-refractivity contribution in [1.82, 2.24) is 0 Å². The Morgan fingerprint density at radius 2 is 1.64 bits per heavy atom. The number of nitrogens with two attached hydrogens (primary N) is 1. The van der Waals surface area contributed by atoms with Crippen LogP contribution in [-0.2, 0) is 16.1 Å². The molecule has 0 aliphatic heterocycles. The van der Waals surface area contributed by atoms with Gasteiger partial charge in [-0.1, -0.05) is 69.0 Å². The van der Waals surface area contributed by atoms with Gasteiger partial charge in [0.05, 0.1) is 18.2 Å². The van der Waals surface area contributed by atoms with Crippen molar-refractivity contribution < 1.29 is 14.3 Å². The Kier molecular flexibility index (Phi) is 13.7. The summed E-state index contributed by atoms with van der Waals surface area (Å²) >= 11 is 0. The van der Waals surface area contributed by atoms with E-state index < -0.39 is 12.0 Å². The van der Waals surface area contributed by atoms with Crippen molar-refractivity contribution in [2.24, 2.45) is 5.73 Å². The summed E-state index contributed by atoms with van der Waals surface area (Å²) in [5, 5.41) is 0. The number of carbonyl (C=O) groups excluding carboxylic acids is 1. The zero-order chi connectivity index (χ0) is 21.4. The Morgan fingerprint density at radius 1 is 1.11 bits per heavy atom. The van der Waals surface area contributed by atoms with Crippen molar-refractivity contribution in [3.05, 3.63) is 90.5 Å². The van der Waals surface area contributed by atoms with Crippen molar-refractivity contribution in [2.75, 3.05) is 6.61 Å². The number of hydrogen-bond donors (Lipinski definition) is 1. The Bertz CT molecular complexity index is 694. The average Bonchev–Trinajstić information content (AvgIpc) is 2.74. The van der Waals surface area contributed by atoms with Gasteiger partial charge < -0.3 is 15.2 Å². The van der Waals surface area contributed by atoms with E-state index in [1.165, 1.54) is 0 Å². The van der Waals surface area contributed by atoms with Gasteiger partial charge >= 0.3 is 5.97 Å². The fourth-order valence-electron chi connectivity index (χ4n) is 2.06. The van der Waals surface area contributed by atoms with Gasteiger partial charge in [-0.3, -0.25) is 0 Å². The normalized spacial score (nSPS) is 10.2. The van der Waals surface area contributed by atoms with Gasteiger partial charge in [-0.25, -0.2) is 4.79 Å². The van der Waals surface area contributed by atoms with Crippen molar-refractivity contribution in [1.29, 1.82) is 0 Å². The van der Waals surface area contributed by atoms with Crippen molar-refractivity contribution >= 4 is 5.97 Å². The molecule has 0 aliphatic rings. The molecule has 0 radical (unpaired) electrons. The summed E-state index contributed by atoms with van der Waals surface area (Å²) in [7, 11) is 0. The molecule has 0 saturated heterocycles. The molecule has 2 aromatic carbocycles. The van der Waals surface area contributed by atoms with E-state index in [1.807, 2.05) is 75.4 Å². The second-order valence-electron chi connectivity index (χ2n) is 5.47. The van der Waals surface area contributed by atoms with E-state index in [0.717, 1.165) is 16.9 Å². The summed E-state index contributed by atoms with van der Waals surface area (Å²) in [5.74, 6) is 0.274. The molecule has 4 heteroatoms. The fourth-order valence-corrected chi connectivity index (χ4v) is 2.06. The van der Waals surface area contributed by atoms with Crippen LogP contribution in [0.15, 0.2) is 79.4 Å². The van der Waals surface area contributed by atoms with Gasteiger partial charge in [0.1, 0.15) is 12.4 Å². The molecule has 4 nitrogen and oxygen atoms in total. The van der Waals surface area contributed by atoms with E-state index in [-0.39, 0.29) is 5.57 Å². The molecule has 0 fully saturated rings. The smallest absolute Gasteiger partial charge is 0.335 e. The molecule has 0 amide bonds. The van der Waals surface area contributed by atoms with Crippen LogP contribution in [0.2, 0.25) is 0 Å². The van der Waals surface area contributed by atoms with Gasteiger partial charge in [0.2, 0.25) is 0 Å². The zero-order valence-electron chi connectivity index (χ0n) is 17.5. The van der Waals surface area contributed by atoms with E-state index in [0.29, 0.717) is 13.2 Å². The summed E-state index contributed by atoms with van der Waals surface area (Å²) in [6, 6.07) is 16.7. The summed E-state index contributed by atoms with van der Waals surface area (Å²) < 4.78 is 10.6. The summed E-state index contributed by atoms with van der Waals surface area (Å²) in [6.07, 6.45) is 1.75. The zero-order valence-corrected chi connectivity index (χ0v) is 17.5. The largest absolute Gasteiger partial charge is 0.489 e. The van der Waals surface area contributed by atoms with Crippen molar-refractivity contribution in [2.45, 2.75) is 40.3 Å². The highest BCUT2D eigenvalue weighted by Gasteiger charge is 2.17. The monoisotopic (exact) mass is 383 g/mol. The fraction of sp³-hybridized carbons (Fsp3) is 0.292. The highest BCUT2D eigenvalue weighted by atomic mass is 16.5. The Morgan fingerprint density at radius 3 is 2.14 bits per heavy atom. The van der Waals surface area contributed by atoms with Crippen molar-refractivity contribution in [3.63, 3.8) is 0 Å². The van der Waals surface area contributed by atoms with Gasteiger partial charge in [-0.2, -0.15) is 0 Å². The lowest BCUT2D eigenvalue weighted by Crippen LogP contribution is -2.20. The molecule has 2 rings (SSSR count). The minimum absolute atomic E-state index is 0.241. The summed E-state index contributed by atoms with van der Waals surface area (Å²) in [5.41, 5.74) is 8.17. The third-order valence-corrected chi connectivity index (χ3v) is 3.40. The third kappa shape index (κ3) is 9.19. The van der Waals surface area contributed by atoms with E-state index in [9.17, 15) is 4.79 Å². The average molecular weight is 384 g/mol. The first-order valence-electron chi connectivity index (χ1n) is 9.48. The molecular weight excluding hydrogens is 350 g/mol. The molecule has 0 aromatic heterocycles. The first-order chi connectivity index (χ1) is 13.5. The van der Waals surface area contributed by atoms with Gasteiger partial charge in [-0.05, 0) is 37.1 Å². The number of hydrogen-bond acceptors (Lipinski definition) is 4. The minimum Gasteiger partial charge on any atom is -0.489 e. The molecule has 0 saturated carbocycles. The predicted molar refractivity (Wildman–Crippen MR) is 117 cm³/mol. The molecule has 2 aromatic rings. The SMILES string of the molecule is C=C(C(=O)OCC)C(N)c1ccc(OCc2ccccc2)cc1.C=CC.CC. The number of allylic oxidation sites excluding steroid dienone is 1. The Labute approximate surface area is 169 Å². The molecule has 0 aliphatic carbocycles. The van der Waals surface area contributed by atoms with E-state index >= 15 is 0 Å². The Balaban J connectivity index is 0.00000133. The first kappa shape index (κ1) is 25.2. The minimum atomic E-state index is -0.586. The second kappa shape index (κ2) is 15.2. The summed E-state index contributed by atoms with van der Waals surface area (Å²) in [4.78, 5) is 11.7. The van der Waals surface area contributed by atoms with Gasteiger partial charge in [0.15, 0.2) is 0 Å². The van der Waals surface area contributed by atoms with Crippen LogP contribution in [0.25, 0.3) is 0 Å². The molecule has 1 atom stereocenters. The number of ether oxygens (including phenoxy) is 2. The number of rotatable bonds is 7. The van der Waals surface area contributed by atoms with Gasteiger partial charge in [-0.15, -0.1) is 6.58 Å². The molecule has 1 unspecified atom stereocenters. The summed E-state index contributed by atoms with van der Waals surface area (Å²) in [6.45, 7) is 15.5. The van der Waals surface area contributed by atoms with Gasteiger partial charge in [0, 0.05) is 0 Å². The molecule has 152 valence electrons. The maximum atomic E-state index is 11.7. The van der Waals surface area contributed by atoms with Crippen molar-refractivity contribution in [3.8, 4) is 5.75 Å². The number of carbonyl (C=O) groups is 1. The quantitative estimate of drug-likeness (QED) is 0.384. The maximum Gasteiger partial charge on any atom is 0.335 e. The standard InChI is InChI=1S/C19H21NO3.C3H6.C2H6/c1-3-22-19(21)14(2)18(20)16-9-11-17(12-10-16)23-13-15-7-5-4-6-8-15;1-3-2;1-2/h4-12,18H,2-3,13,20H2,1H3;3H,1H2,2H3;1-2H3. The van der Waals surface area contributed by atoms with E-state index in [4.69, 9.17) is 15.2 Å². The van der Waals surface area contributed by atoms with Crippen LogP contribution in [0.3, 0.4) is 0 Å². The predicted octanol–water partition coefficient (Wildman–Crippen LogP) is 5.60. The lowest BCUT2D eigenvalue weighted by atomic mass is 10.0. The van der Waals surface area contributed by atoms with E-state index in [2.05, 4.69) is 13.2 Å². The number of esters is 1. The molecule has 28 heavy (non-hydrogen) atoms. The highest BCUT2D eigenvalue weighted by Crippen LogP contribution is 2.22. The van der Waals surface area contributed by atoms with Crippen LogP contribution < -0.4 is 10.5 Å². The molecule has 0 spiro atoms. The third-order valence-electron chi connectivity index (χ3n) is 3.40. The molecule has 0 bridgehead atoms. The molecule has 2 N–H and O–H groups in total. The van der Waals surface area contributed by atoms with Gasteiger partial charge in [0.25, 0.3) is 0 Å². The topological polar surface area (TPSA) is 61.5 Å². The Hall–Kier alpha value is -2.85. The lowest BCUT2D eigenvalue weighted by molar-refractivity contribution is -0.138. The van der Waals surface area contributed by atoms with E-state index in [1.54, 1.807) is 13.0 Å². The van der Waals surface area contributed by atoms with Crippen LogP contribution in [0.1, 0.15) is 44.9 Å².